The molecule has 0 N–H and O–H groups in total. The van der Waals surface area contributed by atoms with Gasteiger partial charge in [-0.15, -0.1) is 0 Å². The normalized spacial score (nSPS) is 11.0. The van der Waals surface area contributed by atoms with Gasteiger partial charge in [-0.1, -0.05) is 6.07 Å². The number of carbonyl (C=O) groups is 2. The zero-order valence-corrected chi connectivity index (χ0v) is 11.4. The maximum absolute atomic E-state index is 12.5. The lowest BCUT2D eigenvalue weighted by molar-refractivity contribution is -0.144. The fraction of sp³-hybridized carbons (Fsp3) is 0.429. The lowest BCUT2D eigenvalue weighted by Crippen LogP contribution is -2.14. The Labute approximate surface area is 119 Å². The SMILES string of the molecule is CCOC(=O)CCC(=O)COc1cccc(C(F)(F)F)c1. The average Bonchev–Trinajstić information content (AvgIpc) is 2.42. The number of rotatable bonds is 7. The molecule has 0 aliphatic rings. The summed E-state index contributed by atoms with van der Waals surface area (Å²) >= 11 is 0. The molecule has 0 amide bonds. The molecule has 0 radical (unpaired) electrons. The molecule has 116 valence electrons. The Morgan fingerprint density at radius 2 is 1.90 bits per heavy atom. The summed E-state index contributed by atoms with van der Waals surface area (Å²) in [5.74, 6) is -0.931. The monoisotopic (exact) mass is 304 g/mol. The van der Waals surface area contributed by atoms with Gasteiger partial charge >= 0.3 is 12.1 Å². The predicted molar refractivity (Wildman–Crippen MR) is 67.8 cm³/mol. The quantitative estimate of drug-likeness (QED) is 0.727. The van der Waals surface area contributed by atoms with Crippen molar-refractivity contribution in [2.45, 2.75) is 25.9 Å². The van der Waals surface area contributed by atoms with Gasteiger partial charge in [0.05, 0.1) is 18.6 Å². The summed E-state index contributed by atoms with van der Waals surface area (Å²) in [5.41, 5.74) is -0.848. The summed E-state index contributed by atoms with van der Waals surface area (Å²) in [4.78, 5) is 22.5. The third-order valence-electron chi connectivity index (χ3n) is 2.47. The Bertz CT molecular complexity index is 497. The van der Waals surface area contributed by atoms with Crippen LogP contribution in [0.15, 0.2) is 24.3 Å². The van der Waals surface area contributed by atoms with Crippen molar-refractivity contribution < 1.29 is 32.2 Å². The van der Waals surface area contributed by atoms with E-state index in [1.165, 1.54) is 12.1 Å². The fourth-order valence-corrected chi connectivity index (χ4v) is 1.47. The standard InChI is InChI=1S/C14H15F3O4/c1-2-20-13(19)7-6-11(18)9-21-12-5-3-4-10(8-12)14(15,16)17/h3-5,8H,2,6-7,9H2,1H3. The van der Waals surface area contributed by atoms with Gasteiger partial charge in [0, 0.05) is 6.42 Å². The van der Waals surface area contributed by atoms with Crippen LogP contribution in [0.2, 0.25) is 0 Å². The fourth-order valence-electron chi connectivity index (χ4n) is 1.47. The van der Waals surface area contributed by atoms with Crippen LogP contribution in [-0.2, 0) is 20.5 Å². The minimum absolute atomic E-state index is 0.0469. The van der Waals surface area contributed by atoms with E-state index in [2.05, 4.69) is 4.74 Å². The van der Waals surface area contributed by atoms with Crippen molar-refractivity contribution in [2.24, 2.45) is 0 Å². The second-order valence-corrected chi connectivity index (χ2v) is 4.16. The zero-order chi connectivity index (χ0) is 15.9. The second kappa shape index (κ2) is 7.66. The van der Waals surface area contributed by atoms with E-state index in [-0.39, 0.29) is 37.6 Å². The largest absolute Gasteiger partial charge is 0.486 e. The molecule has 0 aliphatic carbocycles. The number of carbonyl (C=O) groups excluding carboxylic acids is 2. The van der Waals surface area contributed by atoms with Crippen molar-refractivity contribution in [1.82, 2.24) is 0 Å². The van der Waals surface area contributed by atoms with Gasteiger partial charge in [0.1, 0.15) is 12.4 Å². The van der Waals surface area contributed by atoms with Crippen LogP contribution in [0.5, 0.6) is 5.75 Å². The number of hydrogen-bond donors (Lipinski definition) is 0. The highest BCUT2D eigenvalue weighted by atomic mass is 19.4. The van der Waals surface area contributed by atoms with Crippen LogP contribution in [-0.4, -0.2) is 25.0 Å². The molecule has 0 aromatic heterocycles. The first kappa shape index (κ1) is 17.0. The van der Waals surface area contributed by atoms with Crippen molar-refractivity contribution in [2.75, 3.05) is 13.2 Å². The lowest BCUT2D eigenvalue weighted by Gasteiger charge is -2.09. The first-order valence-electron chi connectivity index (χ1n) is 6.30. The molecule has 1 aromatic carbocycles. The summed E-state index contributed by atoms with van der Waals surface area (Å²) < 4.78 is 47.1. The van der Waals surface area contributed by atoms with Gasteiger partial charge in [-0.2, -0.15) is 13.2 Å². The van der Waals surface area contributed by atoms with Crippen molar-refractivity contribution in [1.29, 1.82) is 0 Å². The van der Waals surface area contributed by atoms with E-state index in [9.17, 15) is 22.8 Å². The number of Topliss-reactive ketones (excluding diaryl/α,β-unsaturated/α-hetero) is 1. The average molecular weight is 304 g/mol. The van der Waals surface area contributed by atoms with Crippen molar-refractivity contribution in [3.63, 3.8) is 0 Å². The van der Waals surface area contributed by atoms with E-state index in [1.807, 2.05) is 0 Å². The Morgan fingerprint density at radius 1 is 1.19 bits per heavy atom. The second-order valence-electron chi connectivity index (χ2n) is 4.16. The van der Waals surface area contributed by atoms with E-state index in [0.29, 0.717) is 0 Å². The molecular formula is C14H15F3O4. The molecule has 0 fully saturated rings. The van der Waals surface area contributed by atoms with Crippen LogP contribution in [0.1, 0.15) is 25.3 Å². The molecule has 7 heteroatoms. The van der Waals surface area contributed by atoms with Crippen LogP contribution in [0.3, 0.4) is 0 Å². The summed E-state index contributed by atoms with van der Waals surface area (Å²) in [5, 5.41) is 0. The van der Waals surface area contributed by atoms with Crippen molar-refractivity contribution in [3.05, 3.63) is 29.8 Å². The molecule has 1 rings (SSSR count). The lowest BCUT2D eigenvalue weighted by atomic mass is 10.2. The number of ketones is 1. The summed E-state index contributed by atoms with van der Waals surface area (Å²) in [6, 6.07) is 4.25. The van der Waals surface area contributed by atoms with E-state index in [0.717, 1.165) is 12.1 Å². The number of ether oxygens (including phenoxy) is 2. The van der Waals surface area contributed by atoms with Crippen LogP contribution < -0.4 is 4.74 Å². The van der Waals surface area contributed by atoms with Gasteiger partial charge in [-0.3, -0.25) is 9.59 Å². The van der Waals surface area contributed by atoms with Crippen molar-refractivity contribution in [3.8, 4) is 5.75 Å². The van der Waals surface area contributed by atoms with Gasteiger partial charge in [-0.25, -0.2) is 0 Å². The molecule has 0 bridgehead atoms. The molecule has 0 saturated heterocycles. The number of hydrogen-bond acceptors (Lipinski definition) is 4. The molecule has 0 spiro atoms. The van der Waals surface area contributed by atoms with E-state index in [1.54, 1.807) is 6.92 Å². The molecule has 0 aliphatic heterocycles. The van der Waals surface area contributed by atoms with E-state index < -0.39 is 17.7 Å². The molecule has 0 unspecified atom stereocenters. The highest BCUT2D eigenvalue weighted by molar-refractivity contribution is 5.84. The van der Waals surface area contributed by atoms with Gasteiger partial charge in [0.2, 0.25) is 0 Å². The molecule has 0 atom stereocenters. The molecule has 1 aromatic rings. The van der Waals surface area contributed by atoms with Gasteiger partial charge in [-0.05, 0) is 25.1 Å². The van der Waals surface area contributed by atoms with E-state index >= 15 is 0 Å². The highest BCUT2D eigenvalue weighted by Crippen LogP contribution is 2.31. The van der Waals surface area contributed by atoms with Crippen LogP contribution in [0.25, 0.3) is 0 Å². The van der Waals surface area contributed by atoms with Crippen LogP contribution in [0, 0.1) is 0 Å². The molecular weight excluding hydrogens is 289 g/mol. The third kappa shape index (κ3) is 6.29. The van der Waals surface area contributed by atoms with Crippen molar-refractivity contribution >= 4 is 11.8 Å². The number of halogens is 3. The number of esters is 1. The van der Waals surface area contributed by atoms with Crippen LogP contribution in [0.4, 0.5) is 13.2 Å². The third-order valence-corrected chi connectivity index (χ3v) is 2.47. The topological polar surface area (TPSA) is 52.6 Å². The Kier molecular flexibility index (Phi) is 6.20. The first-order valence-corrected chi connectivity index (χ1v) is 6.30. The maximum Gasteiger partial charge on any atom is 0.416 e. The van der Waals surface area contributed by atoms with Gasteiger partial charge < -0.3 is 9.47 Å². The zero-order valence-electron chi connectivity index (χ0n) is 11.4. The summed E-state index contributed by atoms with van der Waals surface area (Å²) in [7, 11) is 0. The Morgan fingerprint density at radius 3 is 2.52 bits per heavy atom. The smallest absolute Gasteiger partial charge is 0.416 e. The highest BCUT2D eigenvalue weighted by Gasteiger charge is 2.30. The van der Waals surface area contributed by atoms with Crippen LogP contribution >= 0.6 is 0 Å². The number of alkyl halides is 3. The van der Waals surface area contributed by atoms with Gasteiger partial charge in [0.25, 0.3) is 0 Å². The maximum atomic E-state index is 12.5. The van der Waals surface area contributed by atoms with E-state index in [4.69, 9.17) is 4.74 Å². The minimum atomic E-state index is -4.46. The molecule has 4 nitrogen and oxygen atoms in total. The Balaban J connectivity index is 2.45. The predicted octanol–water partition coefficient (Wildman–Crippen LogP) is 3.00. The first-order chi connectivity index (χ1) is 9.82. The summed E-state index contributed by atoms with van der Waals surface area (Å²) in [6.45, 7) is 1.49. The summed E-state index contributed by atoms with van der Waals surface area (Å²) in [6.07, 6.45) is -4.61. The Hall–Kier alpha value is -2.05. The number of benzene rings is 1. The molecule has 0 heterocycles. The minimum Gasteiger partial charge on any atom is -0.486 e. The molecule has 0 saturated carbocycles. The molecule has 21 heavy (non-hydrogen) atoms. The van der Waals surface area contributed by atoms with Gasteiger partial charge in [0.15, 0.2) is 5.78 Å².